The maximum absolute atomic E-state index is 11.4. The summed E-state index contributed by atoms with van der Waals surface area (Å²) in [5, 5.41) is 0.593. The topological polar surface area (TPSA) is 17.1 Å². The van der Waals surface area contributed by atoms with Crippen LogP contribution in [-0.4, -0.2) is 5.78 Å². The molecule has 0 amide bonds. The monoisotopic (exact) mass is 194 g/mol. The van der Waals surface area contributed by atoms with Gasteiger partial charge in [-0.1, -0.05) is 36.7 Å². The SMILES string of the molecule is CC/C=C/C(=O)c1cccc(Cl)c1. The molecule has 0 N–H and O–H groups in total. The molecule has 0 unspecified atom stereocenters. The van der Waals surface area contributed by atoms with Crippen LogP contribution < -0.4 is 0 Å². The first kappa shape index (κ1) is 10.0. The van der Waals surface area contributed by atoms with Crippen molar-refractivity contribution in [2.75, 3.05) is 0 Å². The number of halogens is 1. The normalized spacial score (nSPS) is 10.6. The summed E-state index contributed by atoms with van der Waals surface area (Å²) in [5.74, 6) is 0.00403. The summed E-state index contributed by atoms with van der Waals surface area (Å²) in [7, 11) is 0. The molecule has 0 aliphatic heterocycles. The first-order valence-corrected chi connectivity index (χ1v) is 4.58. The molecule has 0 aromatic heterocycles. The second-order valence-corrected chi connectivity index (χ2v) is 3.12. The second-order valence-electron chi connectivity index (χ2n) is 2.69. The van der Waals surface area contributed by atoms with Gasteiger partial charge in [0.2, 0.25) is 0 Å². The molecule has 0 aliphatic carbocycles. The Labute approximate surface area is 83.0 Å². The summed E-state index contributed by atoms with van der Waals surface area (Å²) < 4.78 is 0. The van der Waals surface area contributed by atoms with Gasteiger partial charge in [0, 0.05) is 10.6 Å². The van der Waals surface area contributed by atoms with Gasteiger partial charge in [0.1, 0.15) is 0 Å². The van der Waals surface area contributed by atoms with Crippen molar-refractivity contribution < 1.29 is 4.79 Å². The fourth-order valence-electron chi connectivity index (χ4n) is 0.963. The molecule has 0 saturated carbocycles. The molecule has 68 valence electrons. The Morgan fingerprint density at radius 1 is 1.54 bits per heavy atom. The van der Waals surface area contributed by atoms with E-state index in [9.17, 15) is 4.79 Å². The van der Waals surface area contributed by atoms with Crippen molar-refractivity contribution in [3.8, 4) is 0 Å². The molecule has 0 spiro atoms. The number of hydrogen-bond donors (Lipinski definition) is 0. The summed E-state index contributed by atoms with van der Waals surface area (Å²) in [5.41, 5.74) is 0.636. The zero-order valence-corrected chi connectivity index (χ0v) is 8.21. The highest BCUT2D eigenvalue weighted by molar-refractivity contribution is 6.31. The van der Waals surface area contributed by atoms with E-state index in [0.717, 1.165) is 6.42 Å². The van der Waals surface area contributed by atoms with Gasteiger partial charge in [-0.3, -0.25) is 4.79 Å². The van der Waals surface area contributed by atoms with Crippen molar-refractivity contribution in [1.82, 2.24) is 0 Å². The molecule has 1 nitrogen and oxygen atoms in total. The lowest BCUT2D eigenvalue weighted by molar-refractivity contribution is 0.104. The molecule has 1 aromatic rings. The van der Waals surface area contributed by atoms with Gasteiger partial charge >= 0.3 is 0 Å². The first-order chi connectivity index (χ1) is 6.24. The average molecular weight is 195 g/mol. The molecule has 1 aromatic carbocycles. The van der Waals surface area contributed by atoms with E-state index in [-0.39, 0.29) is 5.78 Å². The lowest BCUT2D eigenvalue weighted by atomic mass is 10.1. The van der Waals surface area contributed by atoms with Crippen LogP contribution in [0.3, 0.4) is 0 Å². The smallest absolute Gasteiger partial charge is 0.185 e. The van der Waals surface area contributed by atoms with E-state index in [1.54, 1.807) is 30.3 Å². The van der Waals surface area contributed by atoms with Crippen molar-refractivity contribution in [2.45, 2.75) is 13.3 Å². The molecule has 1 rings (SSSR count). The predicted octanol–water partition coefficient (Wildman–Crippen LogP) is 3.49. The lowest BCUT2D eigenvalue weighted by Gasteiger charge is -1.95. The Bertz CT molecular complexity index is 329. The third kappa shape index (κ3) is 3.03. The zero-order valence-electron chi connectivity index (χ0n) is 7.46. The number of ketones is 1. The van der Waals surface area contributed by atoms with E-state index in [0.29, 0.717) is 10.6 Å². The quantitative estimate of drug-likeness (QED) is 0.532. The number of benzene rings is 1. The fraction of sp³-hybridized carbons (Fsp3) is 0.182. The van der Waals surface area contributed by atoms with Crippen LogP contribution in [0.4, 0.5) is 0 Å². The van der Waals surface area contributed by atoms with Gasteiger partial charge in [-0.2, -0.15) is 0 Å². The van der Waals surface area contributed by atoms with Crippen LogP contribution in [0.2, 0.25) is 5.02 Å². The Hall–Kier alpha value is -1.08. The molecule has 0 fully saturated rings. The minimum atomic E-state index is 0.00403. The van der Waals surface area contributed by atoms with Crippen molar-refractivity contribution in [1.29, 1.82) is 0 Å². The molecular weight excluding hydrogens is 184 g/mol. The van der Waals surface area contributed by atoms with Gasteiger partial charge in [-0.25, -0.2) is 0 Å². The maximum atomic E-state index is 11.4. The number of carbonyl (C=O) groups excluding carboxylic acids is 1. The van der Waals surface area contributed by atoms with Crippen LogP contribution in [-0.2, 0) is 0 Å². The highest BCUT2D eigenvalue weighted by atomic mass is 35.5. The van der Waals surface area contributed by atoms with Gasteiger partial charge in [0.15, 0.2) is 5.78 Å². The summed E-state index contributed by atoms with van der Waals surface area (Å²) in [4.78, 5) is 11.4. The molecule has 2 heteroatoms. The molecule has 0 atom stereocenters. The zero-order chi connectivity index (χ0) is 9.68. The first-order valence-electron chi connectivity index (χ1n) is 4.20. The van der Waals surface area contributed by atoms with Crippen molar-refractivity contribution in [3.63, 3.8) is 0 Å². The number of rotatable bonds is 3. The van der Waals surface area contributed by atoms with E-state index in [1.807, 2.05) is 13.0 Å². The Morgan fingerprint density at radius 2 is 2.31 bits per heavy atom. The molecule has 0 radical (unpaired) electrons. The molecule has 13 heavy (non-hydrogen) atoms. The predicted molar refractivity (Wildman–Crippen MR) is 55.2 cm³/mol. The average Bonchev–Trinajstić information content (AvgIpc) is 2.14. The van der Waals surface area contributed by atoms with E-state index in [1.165, 1.54) is 0 Å². The Balaban J connectivity index is 2.83. The van der Waals surface area contributed by atoms with E-state index in [2.05, 4.69) is 0 Å². The van der Waals surface area contributed by atoms with E-state index in [4.69, 9.17) is 11.6 Å². The lowest BCUT2D eigenvalue weighted by Crippen LogP contribution is -1.92. The van der Waals surface area contributed by atoms with Crippen molar-refractivity contribution in [2.24, 2.45) is 0 Å². The van der Waals surface area contributed by atoms with Crippen molar-refractivity contribution >= 4 is 17.4 Å². The fourth-order valence-corrected chi connectivity index (χ4v) is 1.15. The molecule has 0 heterocycles. The van der Waals surface area contributed by atoms with E-state index >= 15 is 0 Å². The van der Waals surface area contributed by atoms with Gasteiger partial charge in [-0.15, -0.1) is 0 Å². The Morgan fingerprint density at radius 3 is 2.92 bits per heavy atom. The van der Waals surface area contributed by atoms with Crippen LogP contribution in [0.5, 0.6) is 0 Å². The Kier molecular flexibility index (Phi) is 3.71. The number of carbonyl (C=O) groups is 1. The summed E-state index contributed by atoms with van der Waals surface area (Å²) in [6.07, 6.45) is 4.28. The maximum Gasteiger partial charge on any atom is 0.185 e. The summed E-state index contributed by atoms with van der Waals surface area (Å²) in [6, 6.07) is 6.95. The largest absolute Gasteiger partial charge is 0.289 e. The van der Waals surface area contributed by atoms with Crippen LogP contribution >= 0.6 is 11.6 Å². The van der Waals surface area contributed by atoms with E-state index < -0.39 is 0 Å². The third-order valence-electron chi connectivity index (χ3n) is 1.61. The molecule has 0 saturated heterocycles. The highest BCUT2D eigenvalue weighted by Crippen LogP contribution is 2.11. The summed E-state index contributed by atoms with van der Waals surface area (Å²) in [6.45, 7) is 1.99. The standard InChI is InChI=1S/C11H11ClO/c1-2-3-7-11(13)9-5-4-6-10(12)8-9/h3-8H,2H2,1H3/b7-3+. The molecule has 0 bridgehead atoms. The van der Waals surface area contributed by atoms with Gasteiger partial charge < -0.3 is 0 Å². The van der Waals surface area contributed by atoms with Crippen LogP contribution in [0, 0.1) is 0 Å². The van der Waals surface area contributed by atoms with Crippen LogP contribution in [0.15, 0.2) is 36.4 Å². The number of hydrogen-bond acceptors (Lipinski definition) is 1. The highest BCUT2D eigenvalue weighted by Gasteiger charge is 2.00. The van der Waals surface area contributed by atoms with Crippen molar-refractivity contribution in [3.05, 3.63) is 47.0 Å². The third-order valence-corrected chi connectivity index (χ3v) is 1.85. The van der Waals surface area contributed by atoms with Gasteiger partial charge in [0.05, 0.1) is 0 Å². The molecular formula is C11H11ClO. The number of allylic oxidation sites excluding steroid dienone is 2. The minimum absolute atomic E-state index is 0.00403. The van der Waals surface area contributed by atoms with Crippen LogP contribution in [0.25, 0.3) is 0 Å². The second kappa shape index (κ2) is 4.83. The van der Waals surface area contributed by atoms with Gasteiger partial charge in [0.25, 0.3) is 0 Å². The summed E-state index contributed by atoms with van der Waals surface area (Å²) >= 11 is 5.75. The minimum Gasteiger partial charge on any atom is -0.289 e. The van der Waals surface area contributed by atoms with Crippen LogP contribution in [0.1, 0.15) is 23.7 Å². The molecule has 0 aliphatic rings. The van der Waals surface area contributed by atoms with Gasteiger partial charge in [-0.05, 0) is 24.6 Å².